The fourth-order valence-electron chi connectivity index (χ4n) is 1.80. The number of aromatic nitrogens is 2. The lowest BCUT2D eigenvalue weighted by molar-refractivity contribution is -0.0505. The average molecular weight is 280 g/mol. The molecule has 0 saturated carbocycles. The van der Waals surface area contributed by atoms with Gasteiger partial charge in [0.2, 0.25) is 0 Å². The first kappa shape index (κ1) is 14.2. The topological polar surface area (TPSA) is 44.1 Å². The van der Waals surface area contributed by atoms with Crippen LogP contribution in [0.3, 0.4) is 0 Å². The molecule has 4 nitrogen and oxygen atoms in total. The Kier molecular flexibility index (Phi) is 4.12. The Morgan fingerprint density at radius 1 is 1.45 bits per heavy atom. The van der Waals surface area contributed by atoms with Crippen LogP contribution < -0.4 is 4.74 Å². The first-order valence-corrected chi connectivity index (χ1v) is 6.03. The van der Waals surface area contributed by atoms with Gasteiger partial charge in [0, 0.05) is 11.8 Å². The Balaban J connectivity index is 2.25. The van der Waals surface area contributed by atoms with Crippen LogP contribution in [0.25, 0.3) is 0 Å². The van der Waals surface area contributed by atoms with Gasteiger partial charge < -0.3 is 4.74 Å². The van der Waals surface area contributed by atoms with Crippen LogP contribution in [0.2, 0.25) is 0 Å². The molecular weight excluding hydrogens is 266 g/mol. The van der Waals surface area contributed by atoms with Crippen molar-refractivity contribution < 1.29 is 18.3 Å². The largest absolute Gasteiger partial charge is 0.434 e. The molecule has 2 aromatic rings. The quantitative estimate of drug-likeness (QED) is 0.791. The zero-order chi connectivity index (χ0) is 14.7. The molecule has 0 spiro atoms. The predicted octanol–water partition coefficient (Wildman–Crippen LogP) is 3.04. The van der Waals surface area contributed by atoms with Crippen molar-refractivity contribution in [1.82, 2.24) is 9.78 Å². The summed E-state index contributed by atoms with van der Waals surface area (Å²) in [6.07, 6.45) is 3.03. The van der Waals surface area contributed by atoms with E-state index in [4.69, 9.17) is 0 Å². The molecule has 0 atom stereocenters. The van der Waals surface area contributed by atoms with E-state index in [1.165, 1.54) is 17.8 Å². The van der Waals surface area contributed by atoms with Crippen molar-refractivity contribution in [3.8, 4) is 5.75 Å². The maximum atomic E-state index is 12.4. The summed E-state index contributed by atoms with van der Waals surface area (Å²) in [6, 6.07) is 5.07. The van der Waals surface area contributed by atoms with Crippen LogP contribution >= 0.6 is 0 Å². The van der Waals surface area contributed by atoms with E-state index >= 15 is 0 Å². The Labute approximate surface area is 115 Å². The van der Waals surface area contributed by atoms with Gasteiger partial charge in [0.15, 0.2) is 5.78 Å². The molecule has 0 aliphatic carbocycles. The fraction of sp³-hybridized carbons (Fsp3) is 0.286. The van der Waals surface area contributed by atoms with E-state index in [2.05, 4.69) is 9.84 Å². The molecule has 0 unspecified atom stereocenters. The summed E-state index contributed by atoms with van der Waals surface area (Å²) >= 11 is 0. The van der Waals surface area contributed by atoms with Crippen molar-refractivity contribution in [1.29, 1.82) is 0 Å². The van der Waals surface area contributed by atoms with E-state index in [1.807, 2.05) is 6.07 Å². The van der Waals surface area contributed by atoms with Crippen molar-refractivity contribution >= 4 is 5.78 Å². The minimum Gasteiger partial charge on any atom is -0.434 e. The number of alkyl halides is 2. The SMILES string of the molecule is CC(=O)c1cnn(Cc2ccc(C)cc2OC(F)F)c1. The summed E-state index contributed by atoms with van der Waals surface area (Å²) in [6.45, 7) is 0.624. The minimum atomic E-state index is -2.87. The normalized spacial score (nSPS) is 10.8. The van der Waals surface area contributed by atoms with E-state index in [-0.39, 0.29) is 18.1 Å². The van der Waals surface area contributed by atoms with E-state index in [9.17, 15) is 13.6 Å². The second-order valence-corrected chi connectivity index (χ2v) is 4.47. The van der Waals surface area contributed by atoms with Crippen LogP contribution in [0.5, 0.6) is 5.75 Å². The summed E-state index contributed by atoms with van der Waals surface area (Å²) < 4.78 is 30.8. The van der Waals surface area contributed by atoms with Crippen LogP contribution in [-0.4, -0.2) is 22.2 Å². The molecular formula is C14H14F2N2O2. The van der Waals surface area contributed by atoms with Gasteiger partial charge in [-0.25, -0.2) is 0 Å². The second-order valence-electron chi connectivity index (χ2n) is 4.47. The molecule has 0 amide bonds. The summed E-state index contributed by atoms with van der Waals surface area (Å²) in [7, 11) is 0. The third kappa shape index (κ3) is 3.40. The third-order valence-electron chi connectivity index (χ3n) is 2.81. The zero-order valence-electron chi connectivity index (χ0n) is 11.1. The van der Waals surface area contributed by atoms with Crippen molar-refractivity contribution in [2.75, 3.05) is 0 Å². The highest BCUT2D eigenvalue weighted by molar-refractivity contribution is 5.93. The van der Waals surface area contributed by atoms with Gasteiger partial charge in [-0.1, -0.05) is 12.1 Å². The Hall–Kier alpha value is -2.24. The molecule has 0 fully saturated rings. The second kappa shape index (κ2) is 5.81. The molecule has 2 rings (SSSR count). The Morgan fingerprint density at radius 2 is 2.20 bits per heavy atom. The molecule has 6 heteroatoms. The highest BCUT2D eigenvalue weighted by Gasteiger charge is 2.11. The van der Waals surface area contributed by atoms with E-state index in [0.717, 1.165) is 5.56 Å². The highest BCUT2D eigenvalue weighted by Crippen LogP contribution is 2.23. The number of Topliss-reactive ketones (excluding diaryl/α,β-unsaturated/α-hetero) is 1. The molecule has 1 heterocycles. The smallest absolute Gasteiger partial charge is 0.387 e. The molecule has 20 heavy (non-hydrogen) atoms. The Bertz CT molecular complexity index is 623. The number of aryl methyl sites for hydroxylation is 1. The van der Waals surface area contributed by atoms with Crippen molar-refractivity contribution in [2.45, 2.75) is 27.0 Å². The number of hydrogen-bond donors (Lipinski definition) is 0. The number of halogens is 2. The van der Waals surface area contributed by atoms with Gasteiger partial charge in [0.05, 0.1) is 18.3 Å². The first-order chi connectivity index (χ1) is 9.45. The number of rotatable bonds is 5. The van der Waals surface area contributed by atoms with Gasteiger partial charge in [-0.2, -0.15) is 13.9 Å². The number of hydrogen-bond acceptors (Lipinski definition) is 3. The standard InChI is InChI=1S/C14H14F2N2O2/c1-9-3-4-11(13(5-9)20-14(15)16)7-18-8-12(6-17-18)10(2)19/h3-6,8,14H,7H2,1-2H3. The molecule has 0 radical (unpaired) electrons. The summed E-state index contributed by atoms with van der Waals surface area (Å²) in [5.74, 6) is 0.0316. The van der Waals surface area contributed by atoms with Gasteiger partial charge in [0.1, 0.15) is 5.75 Å². The maximum absolute atomic E-state index is 12.4. The van der Waals surface area contributed by atoms with Crippen molar-refractivity contribution in [2.24, 2.45) is 0 Å². The maximum Gasteiger partial charge on any atom is 0.387 e. The molecule has 1 aromatic heterocycles. The van der Waals surface area contributed by atoms with Crippen molar-refractivity contribution in [3.05, 3.63) is 47.3 Å². The van der Waals surface area contributed by atoms with Gasteiger partial charge in [0.25, 0.3) is 0 Å². The van der Waals surface area contributed by atoms with E-state index in [0.29, 0.717) is 11.1 Å². The highest BCUT2D eigenvalue weighted by atomic mass is 19.3. The minimum absolute atomic E-state index is 0.0933. The lowest BCUT2D eigenvalue weighted by Crippen LogP contribution is -2.07. The molecule has 0 N–H and O–H groups in total. The van der Waals surface area contributed by atoms with Crippen molar-refractivity contribution in [3.63, 3.8) is 0 Å². The first-order valence-electron chi connectivity index (χ1n) is 6.03. The van der Waals surface area contributed by atoms with Gasteiger partial charge >= 0.3 is 6.61 Å². The van der Waals surface area contributed by atoms with Gasteiger partial charge in [-0.15, -0.1) is 0 Å². The van der Waals surface area contributed by atoms with Crippen LogP contribution in [0.15, 0.2) is 30.6 Å². The Morgan fingerprint density at radius 3 is 2.80 bits per heavy atom. The molecule has 1 aromatic carbocycles. The van der Waals surface area contributed by atoms with E-state index in [1.54, 1.807) is 25.3 Å². The number of ketones is 1. The molecule has 0 aliphatic rings. The number of ether oxygens (including phenoxy) is 1. The predicted molar refractivity (Wildman–Crippen MR) is 69.1 cm³/mol. The molecule has 0 aliphatic heterocycles. The number of nitrogens with zero attached hydrogens (tertiary/aromatic N) is 2. The fourth-order valence-corrected chi connectivity index (χ4v) is 1.80. The van der Waals surface area contributed by atoms with Gasteiger partial charge in [-0.05, 0) is 25.5 Å². The monoisotopic (exact) mass is 280 g/mol. The van der Waals surface area contributed by atoms with Crippen LogP contribution in [0, 0.1) is 6.92 Å². The molecule has 106 valence electrons. The summed E-state index contributed by atoms with van der Waals surface area (Å²) in [4.78, 5) is 11.2. The number of carbonyl (C=O) groups excluding carboxylic acids is 1. The van der Waals surface area contributed by atoms with Crippen LogP contribution in [0.4, 0.5) is 8.78 Å². The summed E-state index contributed by atoms with van der Waals surface area (Å²) in [5, 5.41) is 4.03. The number of carbonyl (C=O) groups is 1. The molecule has 0 saturated heterocycles. The molecule has 0 bridgehead atoms. The van der Waals surface area contributed by atoms with Gasteiger partial charge in [-0.3, -0.25) is 9.48 Å². The summed E-state index contributed by atoms with van der Waals surface area (Å²) in [5.41, 5.74) is 1.89. The zero-order valence-corrected chi connectivity index (χ0v) is 11.1. The lowest BCUT2D eigenvalue weighted by atomic mass is 10.1. The van der Waals surface area contributed by atoms with E-state index < -0.39 is 6.61 Å². The van der Waals surface area contributed by atoms with Crippen LogP contribution in [-0.2, 0) is 6.54 Å². The third-order valence-corrected chi connectivity index (χ3v) is 2.81. The lowest BCUT2D eigenvalue weighted by Gasteiger charge is -2.11. The average Bonchev–Trinajstić information content (AvgIpc) is 2.80. The number of benzene rings is 1. The van der Waals surface area contributed by atoms with Crippen LogP contribution in [0.1, 0.15) is 28.4 Å².